The maximum atomic E-state index is 5.40. The van der Waals surface area contributed by atoms with Crippen LogP contribution in [0.2, 0.25) is 0 Å². The normalized spacial score (nSPS) is 12.8. The van der Waals surface area contributed by atoms with Crippen LogP contribution in [-0.4, -0.2) is 7.11 Å². The van der Waals surface area contributed by atoms with Gasteiger partial charge >= 0.3 is 0 Å². The van der Waals surface area contributed by atoms with Gasteiger partial charge in [0.1, 0.15) is 5.75 Å². The van der Waals surface area contributed by atoms with E-state index in [-0.39, 0.29) is 0 Å². The van der Waals surface area contributed by atoms with E-state index in [4.69, 9.17) is 4.74 Å². The van der Waals surface area contributed by atoms with Crippen molar-refractivity contribution >= 4 is 10.8 Å². The second-order valence-electron chi connectivity index (χ2n) is 6.87. The molecule has 0 aromatic heterocycles. The number of methoxy groups -OCH3 is 1. The molecule has 1 heteroatoms. The maximum Gasteiger partial charge on any atom is 0.119 e. The lowest BCUT2D eigenvalue weighted by atomic mass is 9.80. The van der Waals surface area contributed by atoms with E-state index in [9.17, 15) is 0 Å². The fourth-order valence-electron chi connectivity index (χ4n) is 4.35. The SMILES string of the molecule is CCc1ccc2c3c(cc(C)c2c1C)-c1ccc(OC)cc1CC3. The Hall–Kier alpha value is -2.28. The molecule has 1 aliphatic rings. The number of fused-ring (bicyclic) bond motifs is 5. The summed E-state index contributed by atoms with van der Waals surface area (Å²) in [4.78, 5) is 0. The molecule has 0 unspecified atom stereocenters. The Balaban J connectivity index is 2.02. The van der Waals surface area contributed by atoms with Crippen LogP contribution in [0.3, 0.4) is 0 Å². The summed E-state index contributed by atoms with van der Waals surface area (Å²) in [6.45, 7) is 6.78. The summed E-state index contributed by atoms with van der Waals surface area (Å²) in [7, 11) is 1.74. The van der Waals surface area contributed by atoms with Gasteiger partial charge in [-0.2, -0.15) is 0 Å². The van der Waals surface area contributed by atoms with Crippen LogP contribution in [0.25, 0.3) is 21.9 Å². The zero-order valence-corrected chi connectivity index (χ0v) is 15.0. The van der Waals surface area contributed by atoms with Crippen LogP contribution in [-0.2, 0) is 19.3 Å². The monoisotopic (exact) mass is 316 g/mol. The Labute approximate surface area is 144 Å². The summed E-state index contributed by atoms with van der Waals surface area (Å²) < 4.78 is 5.40. The minimum absolute atomic E-state index is 0.957. The first-order chi connectivity index (χ1) is 11.6. The van der Waals surface area contributed by atoms with E-state index in [1.54, 1.807) is 7.11 Å². The third-order valence-corrected chi connectivity index (χ3v) is 5.61. The van der Waals surface area contributed by atoms with E-state index in [1.807, 2.05) is 0 Å². The third kappa shape index (κ3) is 2.15. The van der Waals surface area contributed by atoms with Crippen molar-refractivity contribution in [3.05, 3.63) is 64.2 Å². The highest BCUT2D eigenvalue weighted by Gasteiger charge is 2.20. The highest BCUT2D eigenvalue weighted by atomic mass is 16.5. The number of aryl methyl sites for hydroxylation is 5. The third-order valence-electron chi connectivity index (χ3n) is 5.61. The van der Waals surface area contributed by atoms with E-state index in [0.717, 1.165) is 25.0 Å². The molecule has 0 radical (unpaired) electrons. The molecule has 24 heavy (non-hydrogen) atoms. The lowest BCUT2D eigenvalue weighted by Crippen LogP contribution is -2.06. The van der Waals surface area contributed by atoms with E-state index in [0.29, 0.717) is 0 Å². The minimum Gasteiger partial charge on any atom is -0.497 e. The summed E-state index contributed by atoms with van der Waals surface area (Å²) in [6.07, 6.45) is 3.30. The average Bonchev–Trinajstić information content (AvgIpc) is 2.61. The van der Waals surface area contributed by atoms with Gasteiger partial charge in [-0.15, -0.1) is 0 Å². The van der Waals surface area contributed by atoms with E-state index >= 15 is 0 Å². The molecule has 4 rings (SSSR count). The highest BCUT2D eigenvalue weighted by molar-refractivity contribution is 5.98. The second kappa shape index (κ2) is 5.66. The number of hydrogen-bond donors (Lipinski definition) is 0. The predicted octanol–water partition coefficient (Wildman–Crippen LogP) is 5.79. The van der Waals surface area contributed by atoms with Gasteiger partial charge < -0.3 is 4.74 Å². The van der Waals surface area contributed by atoms with Gasteiger partial charge in [0.15, 0.2) is 0 Å². The fourth-order valence-corrected chi connectivity index (χ4v) is 4.35. The van der Waals surface area contributed by atoms with Crippen LogP contribution in [0, 0.1) is 13.8 Å². The Morgan fingerprint density at radius 1 is 0.958 bits per heavy atom. The molecular weight excluding hydrogens is 292 g/mol. The van der Waals surface area contributed by atoms with Crippen LogP contribution < -0.4 is 4.74 Å². The fraction of sp³-hybridized carbons (Fsp3) is 0.304. The zero-order chi connectivity index (χ0) is 16.8. The van der Waals surface area contributed by atoms with Gasteiger partial charge in [0, 0.05) is 0 Å². The number of benzene rings is 3. The van der Waals surface area contributed by atoms with E-state index in [1.165, 1.54) is 49.7 Å². The Morgan fingerprint density at radius 3 is 2.54 bits per heavy atom. The van der Waals surface area contributed by atoms with Gasteiger partial charge in [-0.25, -0.2) is 0 Å². The molecule has 0 fully saturated rings. The van der Waals surface area contributed by atoms with Crippen LogP contribution in [0.15, 0.2) is 36.4 Å². The van der Waals surface area contributed by atoms with Crippen LogP contribution >= 0.6 is 0 Å². The van der Waals surface area contributed by atoms with E-state index in [2.05, 4.69) is 57.2 Å². The van der Waals surface area contributed by atoms with Crippen LogP contribution in [0.5, 0.6) is 5.75 Å². The summed E-state index contributed by atoms with van der Waals surface area (Å²) in [5.74, 6) is 0.957. The summed E-state index contributed by atoms with van der Waals surface area (Å²) in [5, 5.41) is 2.91. The molecule has 0 spiro atoms. The van der Waals surface area contributed by atoms with Crippen molar-refractivity contribution in [1.82, 2.24) is 0 Å². The molecule has 1 nitrogen and oxygen atoms in total. The molecule has 3 aromatic carbocycles. The largest absolute Gasteiger partial charge is 0.497 e. The van der Waals surface area contributed by atoms with Gasteiger partial charge in [0.2, 0.25) is 0 Å². The average molecular weight is 316 g/mol. The molecule has 0 saturated heterocycles. The first kappa shape index (κ1) is 15.3. The highest BCUT2D eigenvalue weighted by Crippen LogP contribution is 2.41. The summed E-state index contributed by atoms with van der Waals surface area (Å²) in [6, 6.07) is 13.6. The molecule has 3 aromatic rings. The van der Waals surface area contributed by atoms with Gasteiger partial charge in [-0.05, 0) is 95.0 Å². The first-order valence-electron chi connectivity index (χ1n) is 8.86. The smallest absolute Gasteiger partial charge is 0.119 e. The standard InChI is InChI=1S/C23H24O/c1-5-16-6-10-21-20-9-7-17-13-18(24-4)8-11-19(17)22(20)12-14(2)23(21)15(16)3/h6,8,10-13H,5,7,9H2,1-4H3. The van der Waals surface area contributed by atoms with Crippen molar-refractivity contribution in [2.75, 3.05) is 7.11 Å². The lowest BCUT2D eigenvalue weighted by Gasteiger charge is -2.24. The molecule has 0 aliphatic heterocycles. The van der Waals surface area contributed by atoms with Crippen molar-refractivity contribution in [1.29, 1.82) is 0 Å². The van der Waals surface area contributed by atoms with Gasteiger partial charge in [-0.3, -0.25) is 0 Å². The van der Waals surface area contributed by atoms with Crippen LogP contribution in [0.4, 0.5) is 0 Å². The van der Waals surface area contributed by atoms with Gasteiger partial charge in [0.25, 0.3) is 0 Å². The van der Waals surface area contributed by atoms with Crippen LogP contribution in [0.1, 0.15) is 34.7 Å². The lowest BCUT2D eigenvalue weighted by molar-refractivity contribution is 0.414. The van der Waals surface area contributed by atoms with Gasteiger partial charge in [-0.1, -0.05) is 31.2 Å². The van der Waals surface area contributed by atoms with Crippen molar-refractivity contribution in [2.45, 2.75) is 40.0 Å². The molecule has 0 N–H and O–H groups in total. The molecule has 0 saturated carbocycles. The number of rotatable bonds is 2. The van der Waals surface area contributed by atoms with Crippen molar-refractivity contribution in [3.63, 3.8) is 0 Å². The Kier molecular flexibility index (Phi) is 3.60. The summed E-state index contributed by atoms with van der Waals surface area (Å²) >= 11 is 0. The van der Waals surface area contributed by atoms with Crippen molar-refractivity contribution < 1.29 is 4.74 Å². The molecule has 122 valence electrons. The predicted molar refractivity (Wildman–Crippen MR) is 102 cm³/mol. The summed E-state index contributed by atoms with van der Waals surface area (Å²) in [5.41, 5.74) is 10.0. The molecule has 0 amide bonds. The van der Waals surface area contributed by atoms with Crippen molar-refractivity contribution in [2.24, 2.45) is 0 Å². The Bertz CT molecular complexity index is 950. The first-order valence-corrected chi connectivity index (χ1v) is 8.86. The Morgan fingerprint density at radius 2 is 1.79 bits per heavy atom. The second-order valence-corrected chi connectivity index (χ2v) is 6.87. The molecule has 0 heterocycles. The zero-order valence-electron chi connectivity index (χ0n) is 15.0. The quantitative estimate of drug-likeness (QED) is 0.581. The number of hydrogen-bond acceptors (Lipinski definition) is 1. The molecule has 1 aliphatic carbocycles. The topological polar surface area (TPSA) is 9.23 Å². The molecular formula is C23H24O. The van der Waals surface area contributed by atoms with Gasteiger partial charge in [0.05, 0.1) is 7.11 Å². The number of ether oxygens (including phenoxy) is 1. The molecule has 0 bridgehead atoms. The van der Waals surface area contributed by atoms with Crippen molar-refractivity contribution in [3.8, 4) is 16.9 Å². The van der Waals surface area contributed by atoms with E-state index < -0.39 is 0 Å². The maximum absolute atomic E-state index is 5.40. The molecule has 0 atom stereocenters. The minimum atomic E-state index is 0.957.